The van der Waals surface area contributed by atoms with Gasteiger partial charge >= 0.3 is 11.9 Å². The van der Waals surface area contributed by atoms with Crippen molar-refractivity contribution < 1.29 is 34.4 Å². The second-order valence-electron chi connectivity index (χ2n) is 6.67. The highest BCUT2D eigenvalue weighted by Gasteiger charge is 2.37. The molecule has 5 N–H and O–H groups in total. The normalized spacial score (nSPS) is 13.9. The summed E-state index contributed by atoms with van der Waals surface area (Å²) in [6, 6.07) is 7.00. The van der Waals surface area contributed by atoms with Crippen LogP contribution in [-0.4, -0.2) is 50.5 Å². The quantitative estimate of drug-likeness (QED) is 0.362. The van der Waals surface area contributed by atoms with Gasteiger partial charge in [0, 0.05) is 19.0 Å². The Bertz CT molecular complexity index is 887. The van der Waals surface area contributed by atoms with Gasteiger partial charge in [0.05, 0.1) is 6.61 Å². The monoisotopic (exact) mass is 404 g/mol. The summed E-state index contributed by atoms with van der Waals surface area (Å²) in [5.41, 5.74) is 4.86. The molecule has 0 saturated carbocycles. The van der Waals surface area contributed by atoms with Crippen LogP contribution in [0.25, 0.3) is 0 Å². The molecule has 2 rings (SSSR count). The Morgan fingerprint density at radius 1 is 1.24 bits per heavy atom. The minimum atomic E-state index is -1.76. The van der Waals surface area contributed by atoms with Crippen LogP contribution in [0.15, 0.2) is 36.5 Å². The molecular formula is C20H24N2O7. The van der Waals surface area contributed by atoms with E-state index in [0.29, 0.717) is 12.2 Å². The van der Waals surface area contributed by atoms with Crippen LogP contribution in [0.5, 0.6) is 17.4 Å². The lowest BCUT2D eigenvalue weighted by Gasteiger charge is -2.28. The number of carboxylic acids is 1. The lowest BCUT2D eigenvalue weighted by molar-refractivity contribution is -0.144. The molecular weight excluding hydrogens is 380 g/mol. The van der Waals surface area contributed by atoms with E-state index in [9.17, 15) is 24.9 Å². The SMILES string of the molecule is CCOc1ncccc1C(=O)O[C@@H](C)CC(N)(Cc1ccc(O)c(O)c1)C(=O)O. The zero-order valence-corrected chi connectivity index (χ0v) is 16.2. The maximum Gasteiger partial charge on any atom is 0.343 e. The summed E-state index contributed by atoms with van der Waals surface area (Å²) in [4.78, 5) is 28.2. The molecule has 29 heavy (non-hydrogen) atoms. The van der Waals surface area contributed by atoms with Crippen molar-refractivity contribution in [1.29, 1.82) is 0 Å². The smallest absolute Gasteiger partial charge is 0.343 e. The molecule has 9 nitrogen and oxygen atoms in total. The van der Waals surface area contributed by atoms with E-state index in [1.165, 1.54) is 37.4 Å². The predicted molar refractivity (Wildman–Crippen MR) is 103 cm³/mol. The molecule has 0 aliphatic carbocycles. The number of ether oxygens (including phenoxy) is 2. The first kappa shape index (κ1) is 22.0. The van der Waals surface area contributed by atoms with E-state index in [4.69, 9.17) is 15.2 Å². The van der Waals surface area contributed by atoms with E-state index in [-0.39, 0.29) is 35.8 Å². The van der Waals surface area contributed by atoms with Gasteiger partial charge in [-0.25, -0.2) is 9.78 Å². The number of nitrogens with two attached hydrogens (primary N) is 1. The number of hydrogen-bond donors (Lipinski definition) is 4. The molecule has 2 aromatic rings. The first-order valence-electron chi connectivity index (χ1n) is 8.98. The number of carboxylic acid groups (broad SMARTS) is 1. The Hall–Kier alpha value is -3.33. The second kappa shape index (κ2) is 9.24. The molecule has 1 aromatic carbocycles. The number of carbonyl (C=O) groups excluding carboxylic acids is 1. The number of pyridine rings is 1. The molecule has 0 spiro atoms. The largest absolute Gasteiger partial charge is 0.504 e. The zero-order valence-electron chi connectivity index (χ0n) is 16.2. The molecule has 2 atom stereocenters. The van der Waals surface area contributed by atoms with Gasteiger partial charge in [-0.2, -0.15) is 0 Å². The third-order valence-electron chi connectivity index (χ3n) is 4.22. The fourth-order valence-corrected chi connectivity index (χ4v) is 2.88. The first-order chi connectivity index (χ1) is 13.7. The zero-order chi connectivity index (χ0) is 21.6. The minimum absolute atomic E-state index is 0.127. The lowest BCUT2D eigenvalue weighted by Crippen LogP contribution is -2.52. The third kappa shape index (κ3) is 5.58. The molecule has 1 unspecified atom stereocenters. The van der Waals surface area contributed by atoms with E-state index in [1.807, 2.05) is 0 Å². The number of esters is 1. The Kier molecular flexibility index (Phi) is 7.00. The summed E-state index contributed by atoms with van der Waals surface area (Å²) in [5.74, 6) is -2.57. The number of rotatable bonds is 9. The fraction of sp³-hybridized carbons (Fsp3) is 0.350. The van der Waals surface area contributed by atoms with E-state index >= 15 is 0 Å². The highest BCUT2D eigenvalue weighted by molar-refractivity contribution is 5.92. The van der Waals surface area contributed by atoms with Gasteiger partial charge in [-0.15, -0.1) is 0 Å². The molecule has 0 aliphatic rings. The van der Waals surface area contributed by atoms with Gasteiger partial charge in [0.1, 0.15) is 17.2 Å². The minimum Gasteiger partial charge on any atom is -0.504 e. The number of phenols is 2. The van der Waals surface area contributed by atoms with Crippen LogP contribution in [0, 0.1) is 0 Å². The second-order valence-corrected chi connectivity index (χ2v) is 6.67. The summed E-state index contributed by atoms with van der Waals surface area (Å²) in [6.07, 6.45) is 0.326. The molecule has 1 heterocycles. The van der Waals surface area contributed by atoms with E-state index in [1.54, 1.807) is 13.0 Å². The van der Waals surface area contributed by atoms with Crippen LogP contribution in [0.4, 0.5) is 0 Å². The molecule has 0 fully saturated rings. The van der Waals surface area contributed by atoms with Crippen molar-refractivity contribution in [3.8, 4) is 17.4 Å². The van der Waals surface area contributed by atoms with Crippen LogP contribution in [0.2, 0.25) is 0 Å². The standard InChI is InChI=1S/C20H24N2O7/c1-3-28-17-14(5-4-8-22-17)18(25)29-12(2)10-20(21,19(26)27)11-13-6-7-15(23)16(24)9-13/h4-9,12,23-24H,3,10-11,21H2,1-2H3,(H,26,27)/t12-,20?/m0/s1. The van der Waals surface area contributed by atoms with Crippen molar-refractivity contribution >= 4 is 11.9 Å². The highest BCUT2D eigenvalue weighted by Crippen LogP contribution is 2.28. The number of phenolic OH excluding ortho intramolecular Hbond substituents is 2. The van der Waals surface area contributed by atoms with Gasteiger partial charge in [-0.3, -0.25) is 4.79 Å². The topological polar surface area (TPSA) is 152 Å². The summed E-state index contributed by atoms with van der Waals surface area (Å²) < 4.78 is 10.7. The molecule has 1 aromatic heterocycles. The maximum atomic E-state index is 12.5. The van der Waals surface area contributed by atoms with Crippen molar-refractivity contribution in [3.05, 3.63) is 47.7 Å². The highest BCUT2D eigenvalue weighted by atomic mass is 16.5. The summed E-state index contributed by atoms with van der Waals surface area (Å²) in [6.45, 7) is 3.61. The Balaban J connectivity index is 2.12. The summed E-state index contributed by atoms with van der Waals surface area (Å²) in [5, 5.41) is 28.6. The number of carbonyl (C=O) groups is 2. The molecule has 0 amide bonds. The Morgan fingerprint density at radius 2 is 1.97 bits per heavy atom. The van der Waals surface area contributed by atoms with Crippen molar-refractivity contribution in [3.63, 3.8) is 0 Å². The van der Waals surface area contributed by atoms with Crippen molar-refractivity contribution in [2.45, 2.75) is 38.3 Å². The third-order valence-corrected chi connectivity index (χ3v) is 4.22. The van der Waals surface area contributed by atoms with Gasteiger partial charge in [0.15, 0.2) is 11.5 Å². The molecule has 0 saturated heterocycles. The summed E-state index contributed by atoms with van der Waals surface area (Å²) in [7, 11) is 0. The van der Waals surface area contributed by atoms with Crippen molar-refractivity contribution in [1.82, 2.24) is 4.98 Å². The lowest BCUT2D eigenvalue weighted by atomic mass is 9.86. The average Bonchev–Trinajstić information content (AvgIpc) is 2.65. The van der Waals surface area contributed by atoms with Gasteiger partial charge in [0.2, 0.25) is 5.88 Å². The number of aliphatic carboxylic acids is 1. The number of aromatic hydroxyl groups is 2. The molecule has 9 heteroatoms. The molecule has 156 valence electrons. The number of benzene rings is 1. The molecule has 0 radical (unpaired) electrons. The van der Waals surface area contributed by atoms with Crippen LogP contribution in [0.3, 0.4) is 0 Å². The van der Waals surface area contributed by atoms with Crippen molar-refractivity contribution in [2.24, 2.45) is 5.73 Å². The summed E-state index contributed by atoms with van der Waals surface area (Å²) >= 11 is 0. The van der Waals surface area contributed by atoms with Gasteiger partial charge in [0.25, 0.3) is 0 Å². The Labute approximate surface area is 167 Å². The first-order valence-corrected chi connectivity index (χ1v) is 8.98. The average molecular weight is 404 g/mol. The molecule has 0 bridgehead atoms. The van der Waals surface area contributed by atoms with E-state index in [0.717, 1.165) is 0 Å². The fourth-order valence-electron chi connectivity index (χ4n) is 2.88. The maximum absolute atomic E-state index is 12.5. The van der Waals surface area contributed by atoms with Crippen LogP contribution in [-0.2, 0) is 16.0 Å². The molecule has 0 aliphatic heterocycles. The predicted octanol–water partition coefficient (Wildman–Crippen LogP) is 1.85. The van der Waals surface area contributed by atoms with E-state index in [2.05, 4.69) is 4.98 Å². The van der Waals surface area contributed by atoms with Crippen LogP contribution < -0.4 is 10.5 Å². The Morgan fingerprint density at radius 3 is 2.59 bits per heavy atom. The van der Waals surface area contributed by atoms with Crippen molar-refractivity contribution in [2.75, 3.05) is 6.61 Å². The van der Waals surface area contributed by atoms with Gasteiger partial charge in [-0.05, 0) is 43.7 Å². The van der Waals surface area contributed by atoms with Gasteiger partial charge < -0.3 is 30.5 Å². The number of aromatic nitrogens is 1. The number of hydrogen-bond acceptors (Lipinski definition) is 8. The van der Waals surface area contributed by atoms with Crippen LogP contribution >= 0.6 is 0 Å². The number of nitrogens with zero attached hydrogens (tertiary/aromatic N) is 1. The van der Waals surface area contributed by atoms with E-state index < -0.39 is 23.6 Å². The van der Waals surface area contributed by atoms with Gasteiger partial charge in [-0.1, -0.05) is 6.07 Å². The van der Waals surface area contributed by atoms with Crippen LogP contribution in [0.1, 0.15) is 36.2 Å².